The van der Waals surface area contributed by atoms with Crippen LogP contribution in [0.4, 0.5) is 0 Å². The molecule has 94 valence electrons. The zero-order valence-corrected chi connectivity index (χ0v) is 10.0. The molecule has 0 amide bonds. The van der Waals surface area contributed by atoms with Crippen LogP contribution in [0.15, 0.2) is 0 Å². The molecular weight excluding hydrogens is 210 g/mol. The van der Waals surface area contributed by atoms with Crippen LogP contribution < -0.4 is 0 Å². The Morgan fingerprint density at radius 1 is 1.44 bits per heavy atom. The summed E-state index contributed by atoms with van der Waals surface area (Å²) in [6, 6.07) is 0.219. The van der Waals surface area contributed by atoms with Crippen LogP contribution in [-0.2, 0) is 14.3 Å². The molecule has 1 rings (SSSR count). The Hall–Kier alpha value is -0.650. The smallest absolute Gasteiger partial charge is 0.317 e. The Balaban J connectivity index is 2.51. The molecule has 1 saturated carbocycles. The van der Waals surface area contributed by atoms with Crippen LogP contribution in [0.25, 0.3) is 0 Å². The molecule has 1 aliphatic carbocycles. The Morgan fingerprint density at radius 3 is 2.56 bits per heavy atom. The van der Waals surface area contributed by atoms with Crippen LogP contribution in [0.5, 0.6) is 0 Å². The molecule has 0 aromatic carbocycles. The van der Waals surface area contributed by atoms with Crippen molar-refractivity contribution >= 4 is 5.97 Å². The normalized spacial score (nSPS) is 17.7. The van der Waals surface area contributed by atoms with E-state index in [1.807, 2.05) is 4.90 Å². The third-order valence-corrected chi connectivity index (χ3v) is 2.89. The maximum atomic E-state index is 10.8. The Bertz CT molecular complexity index is 218. The maximum Gasteiger partial charge on any atom is 0.317 e. The van der Waals surface area contributed by atoms with Gasteiger partial charge in [-0.05, 0) is 18.8 Å². The summed E-state index contributed by atoms with van der Waals surface area (Å²) in [6.45, 7) is 1.86. The Morgan fingerprint density at radius 2 is 2.12 bits per heavy atom. The van der Waals surface area contributed by atoms with Gasteiger partial charge in [0.15, 0.2) is 0 Å². The third-order valence-electron chi connectivity index (χ3n) is 2.89. The predicted octanol–water partition coefficient (Wildman–Crippen LogP) is 0.444. The van der Waals surface area contributed by atoms with Gasteiger partial charge in [-0.2, -0.15) is 0 Å². The van der Waals surface area contributed by atoms with Gasteiger partial charge in [0.05, 0.1) is 19.8 Å². The average Bonchev–Trinajstić information content (AvgIpc) is 3.04. The molecule has 0 radical (unpaired) electrons. The summed E-state index contributed by atoms with van der Waals surface area (Å²) in [7, 11) is 3.28. The average molecular weight is 231 g/mol. The molecule has 16 heavy (non-hydrogen) atoms. The first kappa shape index (κ1) is 13.4. The van der Waals surface area contributed by atoms with Gasteiger partial charge in [0.2, 0.25) is 0 Å². The molecule has 1 atom stereocenters. The Labute approximate surface area is 96.3 Å². The number of methoxy groups -OCH3 is 2. The van der Waals surface area contributed by atoms with E-state index in [2.05, 4.69) is 0 Å². The van der Waals surface area contributed by atoms with Crippen LogP contribution in [-0.4, -0.2) is 62.5 Å². The number of hydrogen-bond acceptors (Lipinski definition) is 4. The lowest BCUT2D eigenvalue weighted by Crippen LogP contribution is -2.44. The molecule has 0 aliphatic heterocycles. The second-order valence-corrected chi connectivity index (χ2v) is 4.22. The van der Waals surface area contributed by atoms with Gasteiger partial charge in [0.1, 0.15) is 0 Å². The van der Waals surface area contributed by atoms with Crippen LogP contribution in [0.2, 0.25) is 0 Å². The van der Waals surface area contributed by atoms with Gasteiger partial charge >= 0.3 is 5.97 Å². The van der Waals surface area contributed by atoms with Gasteiger partial charge < -0.3 is 14.6 Å². The van der Waals surface area contributed by atoms with Crippen LogP contribution >= 0.6 is 0 Å². The van der Waals surface area contributed by atoms with Crippen LogP contribution in [0.1, 0.15) is 12.8 Å². The minimum atomic E-state index is -0.794. The second kappa shape index (κ2) is 6.83. The molecular formula is C11H21NO4. The molecule has 1 aliphatic rings. The highest BCUT2D eigenvalue weighted by molar-refractivity contribution is 5.69. The number of carbonyl (C=O) groups is 1. The fourth-order valence-electron chi connectivity index (χ4n) is 1.94. The van der Waals surface area contributed by atoms with Gasteiger partial charge in [-0.1, -0.05) is 0 Å². The van der Waals surface area contributed by atoms with Crippen molar-refractivity contribution in [2.45, 2.75) is 18.9 Å². The topological polar surface area (TPSA) is 59.0 Å². The third kappa shape index (κ3) is 4.47. The number of ether oxygens (including phenoxy) is 2. The molecule has 0 bridgehead atoms. The predicted molar refractivity (Wildman–Crippen MR) is 59.5 cm³/mol. The summed E-state index contributed by atoms with van der Waals surface area (Å²) >= 11 is 0. The van der Waals surface area contributed by atoms with E-state index >= 15 is 0 Å². The first-order chi connectivity index (χ1) is 7.69. The second-order valence-electron chi connectivity index (χ2n) is 4.22. The number of carboxylic acids is 1. The van der Waals surface area contributed by atoms with Crippen LogP contribution in [0.3, 0.4) is 0 Å². The molecule has 0 aromatic rings. The van der Waals surface area contributed by atoms with E-state index in [9.17, 15) is 4.79 Å². The summed E-state index contributed by atoms with van der Waals surface area (Å²) in [5, 5.41) is 8.88. The van der Waals surface area contributed by atoms with Gasteiger partial charge in [-0.25, -0.2) is 0 Å². The molecule has 0 heterocycles. The minimum absolute atomic E-state index is 0.0634. The van der Waals surface area contributed by atoms with E-state index in [4.69, 9.17) is 14.6 Å². The lowest BCUT2D eigenvalue weighted by Gasteiger charge is -2.29. The number of rotatable bonds is 9. The molecule has 1 unspecified atom stereocenters. The van der Waals surface area contributed by atoms with Gasteiger partial charge in [0.25, 0.3) is 0 Å². The van der Waals surface area contributed by atoms with Crippen molar-refractivity contribution in [1.82, 2.24) is 4.90 Å². The first-order valence-electron chi connectivity index (χ1n) is 5.62. The molecule has 5 heteroatoms. The SMILES string of the molecule is COCCN(CC(=O)O)C(COC)C1CC1. The summed E-state index contributed by atoms with van der Waals surface area (Å²) in [4.78, 5) is 12.8. The minimum Gasteiger partial charge on any atom is -0.480 e. The van der Waals surface area contributed by atoms with Crippen molar-refractivity contribution in [2.75, 3.05) is 40.5 Å². The lowest BCUT2D eigenvalue weighted by atomic mass is 10.1. The van der Waals surface area contributed by atoms with Gasteiger partial charge in [-0.15, -0.1) is 0 Å². The Kier molecular flexibility index (Phi) is 5.73. The zero-order valence-electron chi connectivity index (χ0n) is 10.0. The van der Waals surface area contributed by atoms with E-state index < -0.39 is 5.97 Å². The maximum absolute atomic E-state index is 10.8. The van der Waals surface area contributed by atoms with Crippen molar-refractivity contribution in [2.24, 2.45) is 5.92 Å². The van der Waals surface area contributed by atoms with Gasteiger partial charge in [0, 0.05) is 26.8 Å². The standard InChI is InChI=1S/C11H21NO4/c1-15-6-5-12(7-11(13)14)10(8-16-2)9-3-4-9/h9-10H,3-8H2,1-2H3,(H,13,14). The molecule has 0 spiro atoms. The lowest BCUT2D eigenvalue weighted by molar-refractivity contribution is -0.139. The summed E-state index contributed by atoms with van der Waals surface area (Å²) in [6.07, 6.45) is 2.36. The van der Waals surface area contributed by atoms with E-state index in [1.54, 1.807) is 14.2 Å². The van der Waals surface area contributed by atoms with Crippen molar-refractivity contribution < 1.29 is 19.4 Å². The first-order valence-corrected chi connectivity index (χ1v) is 5.62. The van der Waals surface area contributed by atoms with Crippen molar-refractivity contribution in [3.05, 3.63) is 0 Å². The quantitative estimate of drug-likeness (QED) is 0.624. The highest BCUT2D eigenvalue weighted by Crippen LogP contribution is 2.35. The van der Waals surface area contributed by atoms with E-state index in [0.717, 1.165) is 0 Å². The fourth-order valence-corrected chi connectivity index (χ4v) is 1.94. The fraction of sp³-hybridized carbons (Fsp3) is 0.909. The highest BCUT2D eigenvalue weighted by Gasteiger charge is 2.35. The number of hydrogen-bond donors (Lipinski definition) is 1. The monoisotopic (exact) mass is 231 g/mol. The summed E-state index contributed by atoms with van der Waals surface area (Å²) in [5.41, 5.74) is 0. The molecule has 1 N–H and O–H groups in total. The molecule has 5 nitrogen and oxygen atoms in total. The van der Waals surface area contributed by atoms with E-state index in [0.29, 0.717) is 25.7 Å². The van der Waals surface area contributed by atoms with Crippen LogP contribution in [0, 0.1) is 5.92 Å². The summed E-state index contributed by atoms with van der Waals surface area (Å²) < 4.78 is 10.2. The number of aliphatic carboxylic acids is 1. The van der Waals surface area contributed by atoms with Crippen molar-refractivity contribution in [3.63, 3.8) is 0 Å². The highest BCUT2D eigenvalue weighted by atomic mass is 16.5. The van der Waals surface area contributed by atoms with E-state index in [-0.39, 0.29) is 12.6 Å². The number of nitrogens with zero attached hydrogens (tertiary/aromatic N) is 1. The zero-order chi connectivity index (χ0) is 12.0. The number of carboxylic acid groups (broad SMARTS) is 1. The van der Waals surface area contributed by atoms with Gasteiger partial charge in [-0.3, -0.25) is 9.69 Å². The van der Waals surface area contributed by atoms with Crippen molar-refractivity contribution in [1.29, 1.82) is 0 Å². The molecule has 0 saturated heterocycles. The van der Waals surface area contributed by atoms with Crippen molar-refractivity contribution in [3.8, 4) is 0 Å². The molecule has 1 fully saturated rings. The summed E-state index contributed by atoms with van der Waals surface area (Å²) in [5.74, 6) is -0.200. The van der Waals surface area contributed by atoms with E-state index in [1.165, 1.54) is 12.8 Å². The largest absolute Gasteiger partial charge is 0.480 e. The molecule has 0 aromatic heterocycles.